The van der Waals surface area contributed by atoms with E-state index in [2.05, 4.69) is 5.32 Å². The molecule has 0 aromatic heterocycles. The Morgan fingerprint density at radius 1 is 1.07 bits per heavy atom. The number of rotatable bonds is 3. The number of para-hydroxylation sites is 2. The fourth-order valence-electron chi connectivity index (χ4n) is 3.61. The lowest BCUT2D eigenvalue weighted by Gasteiger charge is -2.37. The Hall–Kier alpha value is -3.23. The van der Waals surface area contributed by atoms with Crippen molar-refractivity contribution in [2.45, 2.75) is 18.7 Å². The summed E-state index contributed by atoms with van der Waals surface area (Å²) in [5.41, 5.74) is 0.351. The lowest BCUT2D eigenvalue weighted by molar-refractivity contribution is -0.137. The summed E-state index contributed by atoms with van der Waals surface area (Å²) < 4.78 is 44.5. The van der Waals surface area contributed by atoms with Crippen LogP contribution in [-0.2, 0) is 15.8 Å². The number of ether oxygens (including phenoxy) is 1. The number of benzene rings is 2. The predicted octanol–water partition coefficient (Wildman–Crippen LogP) is 3.14. The van der Waals surface area contributed by atoms with E-state index in [1.54, 1.807) is 35.2 Å². The molecule has 4 rings (SSSR count). The quantitative estimate of drug-likeness (QED) is 0.831. The maximum Gasteiger partial charge on any atom is 0.416 e. The van der Waals surface area contributed by atoms with Crippen molar-refractivity contribution in [3.05, 3.63) is 54.1 Å². The van der Waals surface area contributed by atoms with Crippen molar-refractivity contribution in [1.82, 2.24) is 4.90 Å². The summed E-state index contributed by atoms with van der Waals surface area (Å²) >= 11 is 0. The first-order valence-corrected chi connectivity index (χ1v) is 9.58. The monoisotopic (exact) mass is 419 g/mol. The second kappa shape index (κ2) is 7.89. The summed E-state index contributed by atoms with van der Waals surface area (Å²) in [6.07, 6.45) is -5.40. The first-order chi connectivity index (χ1) is 14.3. The lowest BCUT2D eigenvalue weighted by atomic mass is 10.1. The third-order valence-electron chi connectivity index (χ3n) is 5.24. The Bertz CT molecular complexity index is 956. The van der Waals surface area contributed by atoms with Gasteiger partial charge in [0.15, 0.2) is 6.10 Å². The van der Waals surface area contributed by atoms with E-state index in [1.807, 2.05) is 4.90 Å². The van der Waals surface area contributed by atoms with Crippen molar-refractivity contribution in [2.75, 3.05) is 36.4 Å². The molecule has 2 aliphatic heterocycles. The Morgan fingerprint density at radius 2 is 1.80 bits per heavy atom. The molecular formula is C21H20F3N3O3. The molecule has 2 heterocycles. The van der Waals surface area contributed by atoms with Crippen LogP contribution in [0.5, 0.6) is 5.75 Å². The van der Waals surface area contributed by atoms with E-state index >= 15 is 0 Å². The number of alkyl halides is 3. The molecular weight excluding hydrogens is 399 g/mol. The van der Waals surface area contributed by atoms with E-state index in [4.69, 9.17) is 4.74 Å². The third-order valence-corrected chi connectivity index (χ3v) is 5.24. The van der Waals surface area contributed by atoms with Gasteiger partial charge in [-0.1, -0.05) is 18.2 Å². The van der Waals surface area contributed by atoms with Gasteiger partial charge in [-0.2, -0.15) is 13.2 Å². The third kappa shape index (κ3) is 4.19. The molecule has 1 fully saturated rings. The maximum absolute atomic E-state index is 12.9. The smallest absolute Gasteiger partial charge is 0.416 e. The van der Waals surface area contributed by atoms with Gasteiger partial charge in [0.2, 0.25) is 5.91 Å². The maximum atomic E-state index is 12.9. The van der Waals surface area contributed by atoms with E-state index in [1.165, 1.54) is 6.07 Å². The Balaban J connectivity index is 1.34. The molecule has 0 spiro atoms. The molecule has 1 saturated heterocycles. The van der Waals surface area contributed by atoms with Crippen LogP contribution in [0.4, 0.5) is 24.5 Å². The van der Waals surface area contributed by atoms with Crippen LogP contribution >= 0.6 is 0 Å². The van der Waals surface area contributed by atoms with Gasteiger partial charge in [0.1, 0.15) is 5.75 Å². The molecule has 2 aliphatic rings. The van der Waals surface area contributed by atoms with Crippen molar-refractivity contribution in [1.29, 1.82) is 0 Å². The van der Waals surface area contributed by atoms with Crippen molar-refractivity contribution in [3.63, 3.8) is 0 Å². The molecule has 0 radical (unpaired) electrons. The van der Waals surface area contributed by atoms with Gasteiger partial charge in [0.05, 0.1) is 17.7 Å². The number of carbonyl (C=O) groups is 2. The summed E-state index contributed by atoms with van der Waals surface area (Å²) in [4.78, 5) is 28.3. The standard InChI is InChI=1S/C21H20F3N3O3/c22-21(23,24)14-4-3-5-15(12-14)26-8-10-27(11-9-26)19(28)13-18-20(29)25-16-6-1-2-7-17(16)30-18/h1-7,12,18H,8-11,13H2,(H,25,29)/t18-/m0/s1. The van der Waals surface area contributed by atoms with Gasteiger partial charge in [0, 0.05) is 31.9 Å². The van der Waals surface area contributed by atoms with Crippen LogP contribution in [0.15, 0.2) is 48.5 Å². The molecule has 2 aromatic rings. The van der Waals surface area contributed by atoms with Gasteiger partial charge in [-0.05, 0) is 30.3 Å². The van der Waals surface area contributed by atoms with E-state index in [0.717, 1.165) is 12.1 Å². The fourth-order valence-corrected chi connectivity index (χ4v) is 3.61. The normalized spacial score (nSPS) is 19.0. The highest BCUT2D eigenvalue weighted by molar-refractivity contribution is 5.99. The molecule has 0 unspecified atom stereocenters. The highest BCUT2D eigenvalue weighted by Gasteiger charge is 2.33. The Labute approximate surface area is 171 Å². The minimum Gasteiger partial charge on any atom is -0.478 e. The van der Waals surface area contributed by atoms with Crippen LogP contribution in [0, 0.1) is 0 Å². The number of nitrogens with one attached hydrogen (secondary N) is 1. The summed E-state index contributed by atoms with van der Waals surface area (Å²) in [5, 5.41) is 2.73. The van der Waals surface area contributed by atoms with E-state index in [9.17, 15) is 22.8 Å². The summed E-state index contributed by atoms with van der Waals surface area (Å²) in [6.45, 7) is 1.54. The largest absolute Gasteiger partial charge is 0.478 e. The van der Waals surface area contributed by atoms with Crippen molar-refractivity contribution in [3.8, 4) is 5.75 Å². The average Bonchev–Trinajstić information content (AvgIpc) is 2.74. The van der Waals surface area contributed by atoms with Crippen molar-refractivity contribution < 1.29 is 27.5 Å². The predicted molar refractivity (Wildman–Crippen MR) is 104 cm³/mol. The highest BCUT2D eigenvalue weighted by atomic mass is 19.4. The summed E-state index contributed by atoms with van der Waals surface area (Å²) in [7, 11) is 0. The van der Waals surface area contributed by atoms with Crippen LogP contribution in [0.25, 0.3) is 0 Å². The molecule has 1 atom stereocenters. The zero-order chi connectivity index (χ0) is 21.3. The second-order valence-electron chi connectivity index (χ2n) is 7.21. The molecule has 1 N–H and O–H groups in total. The fraction of sp³-hybridized carbons (Fsp3) is 0.333. The number of halogens is 3. The zero-order valence-electron chi connectivity index (χ0n) is 16.0. The highest BCUT2D eigenvalue weighted by Crippen LogP contribution is 2.32. The Morgan fingerprint density at radius 3 is 2.53 bits per heavy atom. The van der Waals surface area contributed by atoms with E-state index in [0.29, 0.717) is 43.3 Å². The summed E-state index contributed by atoms with van der Waals surface area (Å²) in [5.74, 6) is -0.0767. The van der Waals surface area contributed by atoms with Gasteiger partial charge in [0.25, 0.3) is 5.91 Å². The minimum atomic E-state index is -4.40. The Kier molecular flexibility index (Phi) is 5.27. The van der Waals surface area contributed by atoms with Gasteiger partial charge >= 0.3 is 6.18 Å². The number of fused-ring (bicyclic) bond motifs is 1. The molecule has 2 aromatic carbocycles. The molecule has 0 bridgehead atoms. The van der Waals surface area contributed by atoms with Crippen LogP contribution in [0.2, 0.25) is 0 Å². The number of hydrogen-bond acceptors (Lipinski definition) is 4. The second-order valence-corrected chi connectivity index (χ2v) is 7.21. The summed E-state index contributed by atoms with van der Waals surface area (Å²) in [6, 6.07) is 12.2. The molecule has 158 valence electrons. The van der Waals surface area contributed by atoms with Crippen molar-refractivity contribution in [2.24, 2.45) is 0 Å². The van der Waals surface area contributed by atoms with Crippen LogP contribution in [0.1, 0.15) is 12.0 Å². The van der Waals surface area contributed by atoms with E-state index < -0.39 is 17.8 Å². The van der Waals surface area contributed by atoms with Crippen molar-refractivity contribution >= 4 is 23.2 Å². The number of hydrogen-bond donors (Lipinski definition) is 1. The molecule has 6 nitrogen and oxygen atoms in total. The topological polar surface area (TPSA) is 61.9 Å². The van der Waals surface area contributed by atoms with Crippen LogP contribution < -0.4 is 15.0 Å². The average molecular weight is 419 g/mol. The van der Waals surface area contributed by atoms with Crippen LogP contribution in [-0.4, -0.2) is 49.0 Å². The van der Waals surface area contributed by atoms with Gasteiger partial charge in [-0.3, -0.25) is 9.59 Å². The first-order valence-electron chi connectivity index (χ1n) is 9.58. The van der Waals surface area contributed by atoms with Gasteiger partial charge < -0.3 is 19.9 Å². The lowest BCUT2D eigenvalue weighted by Crippen LogP contribution is -2.50. The van der Waals surface area contributed by atoms with E-state index in [-0.39, 0.29) is 18.2 Å². The number of amides is 2. The number of piperazine rings is 1. The van der Waals surface area contributed by atoms with Crippen LogP contribution in [0.3, 0.4) is 0 Å². The number of nitrogens with zero attached hydrogens (tertiary/aromatic N) is 2. The SMILES string of the molecule is O=C1Nc2ccccc2O[C@H]1CC(=O)N1CCN(c2cccc(C(F)(F)F)c2)CC1. The molecule has 9 heteroatoms. The first kappa shape index (κ1) is 20.1. The van der Waals surface area contributed by atoms with Gasteiger partial charge in [-0.15, -0.1) is 0 Å². The zero-order valence-corrected chi connectivity index (χ0v) is 16.0. The number of anilines is 2. The molecule has 0 saturated carbocycles. The van der Waals surface area contributed by atoms with Gasteiger partial charge in [-0.25, -0.2) is 0 Å². The minimum absolute atomic E-state index is 0.0935. The molecule has 0 aliphatic carbocycles. The molecule has 30 heavy (non-hydrogen) atoms. The number of carbonyl (C=O) groups excluding carboxylic acids is 2. The molecule has 2 amide bonds.